The predicted octanol–water partition coefficient (Wildman–Crippen LogP) is 0.157. The van der Waals surface area contributed by atoms with E-state index in [9.17, 15) is 64.7 Å². The third-order valence-electron chi connectivity index (χ3n) is 4.99. The molecule has 0 aromatic carbocycles. The Morgan fingerprint density at radius 2 is 1.05 bits per heavy atom. The van der Waals surface area contributed by atoms with Crippen molar-refractivity contribution in [2.24, 2.45) is 0 Å². The number of halogens is 6. The highest BCUT2D eigenvalue weighted by Gasteiger charge is 2.51. The first-order valence-corrected chi connectivity index (χ1v) is 10.4. The Balaban J connectivity index is 0.000000293. The number of carbonyl (C=O) groups is 8. The molecule has 0 radical (unpaired) electrons. The molecule has 0 aliphatic carbocycles. The Labute approximate surface area is 212 Å². The van der Waals surface area contributed by atoms with Gasteiger partial charge in [0.1, 0.15) is 12.1 Å². The van der Waals surface area contributed by atoms with Crippen LogP contribution in [-0.2, 0) is 43.2 Å². The Morgan fingerprint density at radius 3 is 1.36 bits per heavy atom. The maximum atomic E-state index is 13.0. The van der Waals surface area contributed by atoms with Crippen LogP contribution < -0.4 is 0 Å². The second-order valence-corrected chi connectivity index (χ2v) is 7.72. The number of alkyl halides is 6. The average Bonchev–Trinajstić information content (AvgIpc) is 3.41. The number of carboxylic acid groups (broad SMARTS) is 1. The maximum Gasteiger partial charge on any atom is 0.409 e. The fourth-order valence-electron chi connectivity index (χ4n) is 3.26. The van der Waals surface area contributed by atoms with E-state index in [1.54, 1.807) is 0 Å². The number of hydrogen-bond donors (Lipinski definition) is 1. The molecular weight excluding hydrogens is 556 g/mol. The number of carboxylic acids is 1. The summed E-state index contributed by atoms with van der Waals surface area (Å²) in [6.45, 7) is 0. The monoisotopic (exact) mass is 571 g/mol. The second kappa shape index (κ2) is 11.4. The minimum Gasteiger partial charge on any atom is -0.481 e. The molecule has 1 N–H and O–H groups in total. The minimum atomic E-state index is -5.09. The average molecular weight is 571 g/mol. The van der Waals surface area contributed by atoms with Crippen LogP contribution in [0.1, 0.15) is 25.7 Å². The Bertz CT molecular complexity index is 1120. The quantitative estimate of drug-likeness (QED) is 0.327. The molecular formula is C20H15F6N3O10. The van der Waals surface area contributed by atoms with Crippen molar-refractivity contribution >= 4 is 47.4 Å². The van der Waals surface area contributed by atoms with E-state index in [0.29, 0.717) is 24.3 Å². The largest absolute Gasteiger partial charge is 0.481 e. The zero-order valence-electron chi connectivity index (χ0n) is 19.0. The van der Waals surface area contributed by atoms with E-state index in [4.69, 9.17) is 5.11 Å². The van der Waals surface area contributed by atoms with Crippen molar-refractivity contribution in [3.8, 4) is 0 Å². The number of amides is 6. The number of carbonyl (C=O) groups excluding carboxylic acids is 7. The fourth-order valence-corrected chi connectivity index (χ4v) is 3.26. The van der Waals surface area contributed by atoms with Crippen molar-refractivity contribution in [2.75, 3.05) is 0 Å². The van der Waals surface area contributed by atoms with E-state index < -0.39 is 84.7 Å². The molecule has 0 aromatic heterocycles. The van der Waals surface area contributed by atoms with Crippen molar-refractivity contribution in [1.82, 2.24) is 14.9 Å². The molecule has 2 atom stereocenters. The molecule has 6 amide bonds. The van der Waals surface area contributed by atoms with Gasteiger partial charge in [-0.2, -0.15) is 26.3 Å². The van der Waals surface area contributed by atoms with Crippen LogP contribution in [-0.4, -0.2) is 91.8 Å². The lowest BCUT2D eigenvalue weighted by molar-refractivity contribution is -0.209. The molecule has 3 aliphatic rings. The minimum absolute atomic E-state index is 0.0850. The highest BCUT2D eigenvalue weighted by Crippen LogP contribution is 2.31. The molecule has 0 spiro atoms. The molecule has 0 aromatic rings. The van der Waals surface area contributed by atoms with Gasteiger partial charge in [0.2, 0.25) is 0 Å². The van der Waals surface area contributed by atoms with E-state index in [1.807, 2.05) is 0 Å². The summed E-state index contributed by atoms with van der Waals surface area (Å²) >= 11 is 0. The van der Waals surface area contributed by atoms with Crippen LogP contribution in [0.15, 0.2) is 24.3 Å². The molecule has 0 saturated carbocycles. The first-order chi connectivity index (χ1) is 17.8. The number of aliphatic carboxylic acids is 1. The van der Waals surface area contributed by atoms with Crippen LogP contribution in [0.2, 0.25) is 0 Å². The van der Waals surface area contributed by atoms with Gasteiger partial charge in [-0.3, -0.25) is 43.4 Å². The molecule has 19 heteroatoms. The summed E-state index contributed by atoms with van der Waals surface area (Å²) in [5, 5.41) is 8.40. The van der Waals surface area contributed by atoms with Crippen LogP contribution in [0.4, 0.5) is 26.3 Å². The summed E-state index contributed by atoms with van der Waals surface area (Å²) < 4.78 is 76.4. The van der Waals surface area contributed by atoms with Gasteiger partial charge in [0.05, 0.1) is 12.8 Å². The lowest BCUT2D eigenvalue weighted by atomic mass is 10.1. The second-order valence-electron chi connectivity index (χ2n) is 7.72. The van der Waals surface area contributed by atoms with E-state index >= 15 is 0 Å². The molecule has 212 valence electrons. The Hall–Kier alpha value is -4.58. The van der Waals surface area contributed by atoms with E-state index in [-0.39, 0.29) is 27.7 Å². The van der Waals surface area contributed by atoms with Crippen molar-refractivity contribution in [2.45, 2.75) is 50.1 Å². The summed E-state index contributed by atoms with van der Waals surface area (Å²) in [6.07, 6.45) is -10.7. The van der Waals surface area contributed by atoms with Crippen LogP contribution in [0.3, 0.4) is 0 Å². The molecule has 1 saturated heterocycles. The van der Waals surface area contributed by atoms with E-state index in [0.717, 1.165) is 0 Å². The van der Waals surface area contributed by atoms with Gasteiger partial charge in [0.15, 0.2) is 0 Å². The SMILES string of the molecule is O=C(CC(N1C(=O)C=CC1=O)C(F)(F)F)ON1C(=O)CCC1=O.O=C(O)CC(N1C(=O)C=CC1=O)C(F)(F)F. The van der Waals surface area contributed by atoms with Crippen molar-refractivity contribution in [1.29, 1.82) is 0 Å². The normalized spacial score (nSPS) is 19.1. The topological polar surface area (TPSA) is 176 Å². The summed E-state index contributed by atoms with van der Waals surface area (Å²) in [5.74, 6) is -9.79. The van der Waals surface area contributed by atoms with Gasteiger partial charge in [-0.05, 0) is 0 Å². The zero-order chi connectivity index (χ0) is 29.9. The van der Waals surface area contributed by atoms with E-state index in [2.05, 4.69) is 4.84 Å². The summed E-state index contributed by atoms with van der Waals surface area (Å²) in [6, 6.07) is -5.38. The Morgan fingerprint density at radius 1 is 0.718 bits per heavy atom. The van der Waals surface area contributed by atoms with Crippen LogP contribution >= 0.6 is 0 Å². The predicted molar refractivity (Wildman–Crippen MR) is 106 cm³/mol. The third-order valence-corrected chi connectivity index (χ3v) is 4.99. The highest BCUT2D eigenvalue weighted by atomic mass is 19.4. The number of imide groups is 3. The molecule has 3 aliphatic heterocycles. The molecule has 0 bridgehead atoms. The standard InChI is InChI=1S/C12H9F3N2O6.C8H6F3NO4/c13-12(14,15)6(16-7(18)1-2-8(16)19)5-11(22)23-17-9(20)3-4-10(17)21;9-8(10,11)4(3-7(15)16)12-5(13)1-2-6(12)14/h1-2,6H,3-5H2;1-2,4H,3H2,(H,15,16). The summed E-state index contributed by atoms with van der Waals surface area (Å²) in [7, 11) is 0. The summed E-state index contributed by atoms with van der Waals surface area (Å²) in [4.78, 5) is 93.1. The smallest absolute Gasteiger partial charge is 0.409 e. The van der Waals surface area contributed by atoms with Gasteiger partial charge in [0, 0.05) is 37.1 Å². The lowest BCUT2D eigenvalue weighted by Crippen LogP contribution is -2.50. The first-order valence-electron chi connectivity index (χ1n) is 10.4. The number of hydrogen-bond acceptors (Lipinski definition) is 9. The number of hydroxylamine groups is 2. The van der Waals surface area contributed by atoms with Crippen LogP contribution in [0.25, 0.3) is 0 Å². The molecule has 1 fully saturated rings. The van der Waals surface area contributed by atoms with Crippen molar-refractivity contribution < 1.29 is 74.6 Å². The Kier molecular flexibility index (Phi) is 8.99. The third kappa shape index (κ3) is 7.48. The molecule has 3 heterocycles. The van der Waals surface area contributed by atoms with Gasteiger partial charge >= 0.3 is 24.3 Å². The first kappa shape index (κ1) is 30.6. The van der Waals surface area contributed by atoms with Crippen LogP contribution in [0, 0.1) is 0 Å². The van der Waals surface area contributed by atoms with Gasteiger partial charge in [-0.15, -0.1) is 5.06 Å². The maximum absolute atomic E-state index is 13.0. The highest BCUT2D eigenvalue weighted by molar-refractivity contribution is 6.14. The van der Waals surface area contributed by atoms with Gasteiger partial charge in [-0.1, -0.05) is 0 Å². The molecule has 2 unspecified atom stereocenters. The van der Waals surface area contributed by atoms with Gasteiger partial charge in [-0.25, -0.2) is 4.79 Å². The summed E-state index contributed by atoms with van der Waals surface area (Å²) in [5.41, 5.74) is 0. The molecule has 39 heavy (non-hydrogen) atoms. The number of rotatable bonds is 7. The number of nitrogens with zero attached hydrogens (tertiary/aromatic N) is 3. The van der Waals surface area contributed by atoms with E-state index in [1.165, 1.54) is 0 Å². The van der Waals surface area contributed by atoms with Crippen molar-refractivity contribution in [3.05, 3.63) is 24.3 Å². The van der Waals surface area contributed by atoms with Crippen molar-refractivity contribution in [3.63, 3.8) is 0 Å². The van der Waals surface area contributed by atoms with Crippen LogP contribution in [0.5, 0.6) is 0 Å². The zero-order valence-corrected chi connectivity index (χ0v) is 19.0. The lowest BCUT2D eigenvalue weighted by Gasteiger charge is -2.27. The molecule has 3 rings (SSSR count). The molecule has 13 nitrogen and oxygen atoms in total. The fraction of sp³-hybridized carbons (Fsp3) is 0.400. The van der Waals surface area contributed by atoms with Gasteiger partial charge < -0.3 is 9.94 Å². The van der Waals surface area contributed by atoms with Gasteiger partial charge in [0.25, 0.3) is 35.4 Å².